The molecule has 0 unspecified atom stereocenters. The summed E-state index contributed by atoms with van der Waals surface area (Å²) in [6.07, 6.45) is 0.0870. The van der Waals surface area contributed by atoms with Crippen molar-refractivity contribution < 1.29 is 23.5 Å². The Hall–Kier alpha value is -2.48. The fourth-order valence-corrected chi connectivity index (χ4v) is 3.76. The van der Waals surface area contributed by atoms with Crippen molar-refractivity contribution in [2.75, 3.05) is 19.6 Å². The maximum Gasteiger partial charge on any atom is 0.325 e. The Morgan fingerprint density at radius 2 is 1.81 bits per heavy atom. The Morgan fingerprint density at radius 1 is 1.22 bits per heavy atom. The zero-order valence-corrected chi connectivity index (χ0v) is 15.7. The minimum Gasteiger partial charge on any atom is -0.372 e. The summed E-state index contributed by atoms with van der Waals surface area (Å²) in [5, 5.41) is 2.70. The number of ether oxygens (including phenoxy) is 1. The summed E-state index contributed by atoms with van der Waals surface area (Å²) in [7, 11) is 0. The van der Waals surface area contributed by atoms with Gasteiger partial charge in [-0.2, -0.15) is 0 Å². The topological polar surface area (TPSA) is 79.0 Å². The third-order valence-corrected chi connectivity index (χ3v) is 5.11. The molecule has 8 heteroatoms. The third-order valence-electron chi connectivity index (χ3n) is 5.11. The van der Waals surface area contributed by atoms with Gasteiger partial charge in [0.1, 0.15) is 17.9 Å². The lowest BCUT2D eigenvalue weighted by atomic mass is 9.87. The first-order valence-corrected chi connectivity index (χ1v) is 9.10. The first-order chi connectivity index (χ1) is 12.8. The Morgan fingerprint density at radius 3 is 2.37 bits per heavy atom. The first-order valence-electron chi connectivity index (χ1n) is 9.10. The van der Waals surface area contributed by atoms with Gasteiger partial charge < -0.3 is 15.0 Å². The quantitative estimate of drug-likeness (QED) is 0.809. The number of nitrogens with zero attached hydrogens (tertiary/aromatic N) is 2. The summed E-state index contributed by atoms with van der Waals surface area (Å²) < 4.78 is 18.9. The average Bonchev–Trinajstić information content (AvgIpc) is 2.86. The number of carbonyl (C=O) groups excluding carboxylic acids is 3. The second-order valence-corrected chi connectivity index (χ2v) is 7.14. The molecule has 3 rings (SSSR count). The highest BCUT2D eigenvalue weighted by Crippen LogP contribution is 2.32. The highest BCUT2D eigenvalue weighted by atomic mass is 19.1. The molecule has 0 aliphatic carbocycles. The van der Waals surface area contributed by atoms with Crippen LogP contribution in [0.5, 0.6) is 0 Å². The zero-order valence-electron chi connectivity index (χ0n) is 15.7. The van der Waals surface area contributed by atoms with Crippen LogP contribution < -0.4 is 5.32 Å². The van der Waals surface area contributed by atoms with Crippen LogP contribution in [0.25, 0.3) is 0 Å². The smallest absolute Gasteiger partial charge is 0.325 e. The minimum absolute atomic E-state index is 0.102. The number of hydrogen-bond acceptors (Lipinski definition) is 4. The van der Waals surface area contributed by atoms with Crippen LogP contribution in [-0.4, -0.2) is 59.5 Å². The zero-order chi connectivity index (χ0) is 19.8. The summed E-state index contributed by atoms with van der Waals surface area (Å²) >= 11 is 0. The van der Waals surface area contributed by atoms with Gasteiger partial charge in [0.05, 0.1) is 12.2 Å². The van der Waals surface area contributed by atoms with E-state index in [2.05, 4.69) is 5.32 Å². The molecule has 0 spiro atoms. The van der Waals surface area contributed by atoms with E-state index in [1.54, 1.807) is 11.8 Å². The van der Waals surface area contributed by atoms with Crippen LogP contribution in [0.4, 0.5) is 9.18 Å². The molecule has 146 valence electrons. The number of imide groups is 1. The molecule has 27 heavy (non-hydrogen) atoms. The lowest BCUT2D eigenvalue weighted by Gasteiger charge is -2.35. The largest absolute Gasteiger partial charge is 0.372 e. The molecule has 2 saturated heterocycles. The number of halogens is 1. The predicted molar refractivity (Wildman–Crippen MR) is 95.2 cm³/mol. The molecule has 4 amide bonds. The minimum atomic E-state index is -1.28. The number of carbonyl (C=O) groups is 3. The van der Waals surface area contributed by atoms with Crippen LogP contribution in [0, 0.1) is 5.82 Å². The van der Waals surface area contributed by atoms with Gasteiger partial charge in [0.15, 0.2) is 0 Å². The number of nitrogens with one attached hydrogen (secondary N) is 1. The number of hydrogen-bond donors (Lipinski definition) is 1. The normalized spacial score (nSPS) is 28.4. The van der Waals surface area contributed by atoms with Crippen molar-refractivity contribution in [2.45, 2.75) is 44.9 Å². The Kier molecular flexibility index (Phi) is 5.19. The second-order valence-electron chi connectivity index (χ2n) is 7.14. The van der Waals surface area contributed by atoms with E-state index in [0.29, 0.717) is 25.1 Å². The molecule has 2 heterocycles. The lowest BCUT2D eigenvalue weighted by molar-refractivity contribution is -0.147. The standard InChI is InChI=1S/C19H24FN3O4/c1-4-19(14-5-7-15(20)8-6-14)17(25)23(18(26)21-19)11-16(24)22-9-12(2)27-13(3)10-22/h5-8,12-13H,4,9-11H2,1-3H3,(H,21,26)/t12-,13-,19+/m1/s1. The van der Waals surface area contributed by atoms with Crippen LogP contribution in [0.15, 0.2) is 24.3 Å². The molecule has 0 aromatic heterocycles. The van der Waals surface area contributed by atoms with E-state index in [-0.39, 0.29) is 24.7 Å². The predicted octanol–water partition coefficient (Wildman–Crippen LogP) is 1.62. The summed E-state index contributed by atoms with van der Waals surface area (Å²) in [6.45, 7) is 6.03. The van der Waals surface area contributed by atoms with Crippen LogP contribution in [0.3, 0.4) is 0 Å². The van der Waals surface area contributed by atoms with E-state index in [1.807, 2.05) is 13.8 Å². The van der Waals surface area contributed by atoms with E-state index >= 15 is 0 Å². The van der Waals surface area contributed by atoms with Gasteiger partial charge in [0.25, 0.3) is 5.91 Å². The van der Waals surface area contributed by atoms with Gasteiger partial charge >= 0.3 is 6.03 Å². The van der Waals surface area contributed by atoms with Crippen molar-refractivity contribution in [1.29, 1.82) is 0 Å². The monoisotopic (exact) mass is 377 g/mol. The maximum absolute atomic E-state index is 13.3. The second kappa shape index (κ2) is 7.26. The van der Waals surface area contributed by atoms with Gasteiger partial charge in [-0.3, -0.25) is 14.5 Å². The Labute approximate surface area is 157 Å². The average molecular weight is 377 g/mol. The maximum atomic E-state index is 13.3. The molecule has 0 radical (unpaired) electrons. The summed E-state index contributed by atoms with van der Waals surface area (Å²) in [4.78, 5) is 40.7. The fraction of sp³-hybridized carbons (Fsp3) is 0.526. The van der Waals surface area contributed by atoms with Crippen LogP contribution in [0.2, 0.25) is 0 Å². The Bertz CT molecular complexity index is 744. The van der Waals surface area contributed by atoms with Crippen molar-refractivity contribution in [3.8, 4) is 0 Å². The number of rotatable bonds is 4. The van der Waals surface area contributed by atoms with Crippen molar-refractivity contribution >= 4 is 17.8 Å². The SMILES string of the molecule is CC[C@@]1(c2ccc(F)cc2)NC(=O)N(CC(=O)N2C[C@@H](C)O[C@H](C)C2)C1=O. The van der Waals surface area contributed by atoms with E-state index in [9.17, 15) is 18.8 Å². The van der Waals surface area contributed by atoms with Crippen molar-refractivity contribution in [3.05, 3.63) is 35.6 Å². The molecule has 1 aromatic carbocycles. The highest BCUT2D eigenvalue weighted by molar-refractivity contribution is 6.09. The molecular formula is C19H24FN3O4. The molecular weight excluding hydrogens is 353 g/mol. The number of benzene rings is 1. The van der Waals surface area contributed by atoms with Gasteiger partial charge in [0, 0.05) is 13.1 Å². The molecule has 1 N–H and O–H groups in total. The van der Waals surface area contributed by atoms with Crippen molar-refractivity contribution in [2.24, 2.45) is 0 Å². The van der Waals surface area contributed by atoms with Gasteiger partial charge in [-0.25, -0.2) is 9.18 Å². The molecule has 0 bridgehead atoms. The summed E-state index contributed by atoms with van der Waals surface area (Å²) in [5.41, 5.74) is -0.787. The first kappa shape index (κ1) is 19.3. The Balaban J connectivity index is 1.79. The summed E-state index contributed by atoms with van der Waals surface area (Å²) in [5.74, 6) is -1.22. The van der Waals surface area contributed by atoms with Crippen LogP contribution in [0.1, 0.15) is 32.8 Å². The fourth-order valence-electron chi connectivity index (χ4n) is 3.76. The van der Waals surface area contributed by atoms with Crippen LogP contribution >= 0.6 is 0 Å². The van der Waals surface area contributed by atoms with Crippen molar-refractivity contribution in [3.63, 3.8) is 0 Å². The van der Waals surface area contributed by atoms with E-state index < -0.39 is 23.3 Å². The lowest BCUT2D eigenvalue weighted by Crippen LogP contribution is -2.52. The molecule has 2 fully saturated rings. The summed E-state index contributed by atoms with van der Waals surface area (Å²) in [6, 6.07) is 4.84. The molecule has 2 aliphatic heterocycles. The molecule has 2 aliphatic rings. The third kappa shape index (κ3) is 3.53. The van der Waals surface area contributed by atoms with E-state index in [1.165, 1.54) is 24.3 Å². The van der Waals surface area contributed by atoms with Gasteiger partial charge in [0.2, 0.25) is 5.91 Å². The number of amides is 4. The van der Waals surface area contributed by atoms with E-state index in [0.717, 1.165) is 4.90 Å². The van der Waals surface area contributed by atoms with E-state index in [4.69, 9.17) is 4.74 Å². The number of morpholine rings is 1. The number of urea groups is 1. The molecule has 7 nitrogen and oxygen atoms in total. The van der Waals surface area contributed by atoms with Crippen molar-refractivity contribution in [1.82, 2.24) is 15.1 Å². The van der Waals surface area contributed by atoms with Crippen LogP contribution in [-0.2, 0) is 19.9 Å². The van der Waals surface area contributed by atoms with Gasteiger partial charge in [-0.1, -0.05) is 19.1 Å². The molecule has 0 saturated carbocycles. The molecule has 1 aromatic rings. The van der Waals surface area contributed by atoms with Gasteiger partial charge in [-0.05, 0) is 38.0 Å². The molecule has 3 atom stereocenters. The van der Waals surface area contributed by atoms with Gasteiger partial charge in [-0.15, -0.1) is 0 Å². The highest BCUT2D eigenvalue weighted by Gasteiger charge is 2.52.